The molecule has 2 aromatic rings. The van der Waals surface area contributed by atoms with Crippen molar-refractivity contribution in [2.45, 2.75) is 75.9 Å². The minimum absolute atomic E-state index is 0.203. The Balaban J connectivity index is 1.23. The summed E-state index contributed by atoms with van der Waals surface area (Å²) in [6, 6.07) is 10.8. The Morgan fingerprint density at radius 2 is 1.75 bits per heavy atom. The van der Waals surface area contributed by atoms with Crippen molar-refractivity contribution in [3.63, 3.8) is 0 Å². The number of rotatable bonds is 5. The van der Waals surface area contributed by atoms with Crippen LogP contribution in [0.1, 0.15) is 63.8 Å². The van der Waals surface area contributed by atoms with Crippen molar-refractivity contribution in [1.29, 1.82) is 0 Å². The number of nitrogens with zero attached hydrogens (tertiary/aromatic N) is 4. The van der Waals surface area contributed by atoms with Gasteiger partial charge >= 0.3 is 0 Å². The molecule has 2 aliphatic carbocycles. The van der Waals surface area contributed by atoms with Crippen LogP contribution in [0.3, 0.4) is 0 Å². The molecule has 4 rings (SSSR count). The third-order valence-electron chi connectivity index (χ3n) is 6.21. The average Bonchev–Trinajstić information content (AvgIpc) is 3.21. The van der Waals surface area contributed by atoms with Gasteiger partial charge in [-0.15, -0.1) is 10.2 Å². The molecule has 3 N–H and O–H groups in total. The Labute approximate surface area is 166 Å². The molecule has 0 saturated heterocycles. The first kappa shape index (κ1) is 19.1. The molecule has 1 amide bonds. The summed E-state index contributed by atoms with van der Waals surface area (Å²) in [5.41, 5.74) is 6.94. The molecule has 2 saturated carbocycles. The molecule has 1 aromatic carbocycles. The van der Waals surface area contributed by atoms with Crippen molar-refractivity contribution in [3.05, 3.63) is 30.3 Å². The van der Waals surface area contributed by atoms with E-state index in [9.17, 15) is 4.79 Å². The largest absolute Gasteiger partial charge is 0.353 e. The first-order valence-electron chi connectivity index (χ1n) is 10.6. The van der Waals surface area contributed by atoms with Gasteiger partial charge in [0.05, 0.1) is 6.04 Å². The van der Waals surface area contributed by atoms with Crippen molar-refractivity contribution < 1.29 is 4.79 Å². The van der Waals surface area contributed by atoms with Crippen LogP contribution in [-0.4, -0.2) is 38.2 Å². The van der Waals surface area contributed by atoms with E-state index in [4.69, 9.17) is 5.73 Å². The van der Waals surface area contributed by atoms with Crippen molar-refractivity contribution in [1.82, 2.24) is 25.5 Å². The van der Waals surface area contributed by atoms with E-state index in [0.29, 0.717) is 24.2 Å². The zero-order chi connectivity index (χ0) is 19.3. The number of aromatic nitrogens is 4. The molecule has 7 nitrogen and oxygen atoms in total. The molecule has 0 unspecified atom stereocenters. The molecule has 1 aromatic heterocycles. The Morgan fingerprint density at radius 3 is 2.46 bits per heavy atom. The molecule has 0 bridgehead atoms. The Bertz CT molecular complexity index is 760. The fourth-order valence-electron chi connectivity index (χ4n) is 4.47. The standard InChI is InChI=1S/C21H30N6O/c22-17-8-6-15(7-9-17)14-20(28)23-18-10-12-19(13-11-18)27-25-21(24-26-27)16-4-2-1-3-5-16/h1-5,15,17-19H,6-14,22H2,(H,23,28). The van der Waals surface area contributed by atoms with Gasteiger partial charge in [0.15, 0.2) is 0 Å². The Kier molecular flexibility index (Phi) is 6.00. The van der Waals surface area contributed by atoms with Gasteiger partial charge in [0.2, 0.25) is 11.7 Å². The second-order valence-electron chi connectivity index (χ2n) is 8.36. The highest BCUT2D eigenvalue weighted by Gasteiger charge is 2.27. The second kappa shape index (κ2) is 8.82. The smallest absolute Gasteiger partial charge is 0.220 e. The summed E-state index contributed by atoms with van der Waals surface area (Å²) in [5.74, 6) is 1.38. The molecule has 0 atom stereocenters. The highest BCUT2D eigenvalue weighted by atomic mass is 16.1. The first-order valence-corrected chi connectivity index (χ1v) is 10.6. The van der Waals surface area contributed by atoms with Crippen LogP contribution in [0.4, 0.5) is 0 Å². The van der Waals surface area contributed by atoms with Gasteiger partial charge in [-0.05, 0) is 62.5 Å². The van der Waals surface area contributed by atoms with E-state index in [1.165, 1.54) is 0 Å². The minimum atomic E-state index is 0.203. The number of nitrogens with one attached hydrogen (secondary N) is 1. The summed E-state index contributed by atoms with van der Waals surface area (Å²) in [4.78, 5) is 14.1. The number of carbonyl (C=O) groups excluding carboxylic acids is 1. The lowest BCUT2D eigenvalue weighted by Crippen LogP contribution is -2.39. The molecule has 28 heavy (non-hydrogen) atoms. The summed E-state index contributed by atoms with van der Waals surface area (Å²) < 4.78 is 0. The van der Waals surface area contributed by atoms with Gasteiger partial charge < -0.3 is 11.1 Å². The SMILES string of the molecule is NC1CCC(CC(=O)NC2CCC(n3nnc(-c4ccccc4)n3)CC2)CC1. The maximum Gasteiger partial charge on any atom is 0.220 e. The monoisotopic (exact) mass is 382 g/mol. The molecule has 2 aliphatic rings. The van der Waals surface area contributed by atoms with Crippen LogP contribution in [0.2, 0.25) is 0 Å². The number of benzene rings is 1. The molecule has 150 valence electrons. The molecule has 0 radical (unpaired) electrons. The van der Waals surface area contributed by atoms with E-state index < -0.39 is 0 Å². The Hall–Kier alpha value is -2.28. The molecule has 2 fully saturated rings. The van der Waals surface area contributed by atoms with E-state index in [0.717, 1.165) is 56.9 Å². The number of hydrogen-bond donors (Lipinski definition) is 2. The highest BCUT2D eigenvalue weighted by Crippen LogP contribution is 2.29. The van der Waals surface area contributed by atoms with Crippen molar-refractivity contribution >= 4 is 5.91 Å². The predicted octanol–water partition coefficient (Wildman–Crippen LogP) is 2.85. The summed E-state index contributed by atoms with van der Waals surface area (Å²) in [5, 5.41) is 16.3. The van der Waals surface area contributed by atoms with Crippen molar-refractivity contribution in [3.8, 4) is 11.4 Å². The Morgan fingerprint density at radius 1 is 1.04 bits per heavy atom. The third-order valence-corrected chi connectivity index (χ3v) is 6.21. The summed E-state index contributed by atoms with van der Waals surface area (Å²) in [7, 11) is 0. The first-order chi connectivity index (χ1) is 13.7. The van der Waals surface area contributed by atoms with E-state index in [1.807, 2.05) is 30.3 Å². The van der Waals surface area contributed by atoms with Crippen LogP contribution in [0, 0.1) is 5.92 Å². The van der Waals surface area contributed by atoms with Gasteiger partial charge in [0.1, 0.15) is 0 Å². The predicted molar refractivity (Wildman–Crippen MR) is 107 cm³/mol. The maximum absolute atomic E-state index is 12.4. The van der Waals surface area contributed by atoms with Crippen LogP contribution in [0.5, 0.6) is 0 Å². The van der Waals surface area contributed by atoms with Crippen LogP contribution >= 0.6 is 0 Å². The number of hydrogen-bond acceptors (Lipinski definition) is 5. The van der Waals surface area contributed by atoms with Gasteiger partial charge in [-0.25, -0.2) is 0 Å². The van der Waals surface area contributed by atoms with Crippen molar-refractivity contribution in [2.75, 3.05) is 0 Å². The van der Waals surface area contributed by atoms with Crippen LogP contribution in [0.25, 0.3) is 11.4 Å². The van der Waals surface area contributed by atoms with Gasteiger partial charge in [0, 0.05) is 24.1 Å². The topological polar surface area (TPSA) is 98.7 Å². The zero-order valence-corrected chi connectivity index (χ0v) is 16.3. The molecular formula is C21H30N6O. The van der Waals surface area contributed by atoms with Crippen LogP contribution < -0.4 is 11.1 Å². The lowest BCUT2D eigenvalue weighted by Gasteiger charge is -2.29. The zero-order valence-electron chi connectivity index (χ0n) is 16.3. The van der Waals surface area contributed by atoms with E-state index >= 15 is 0 Å². The quantitative estimate of drug-likeness (QED) is 0.828. The van der Waals surface area contributed by atoms with Gasteiger partial charge in [-0.1, -0.05) is 30.3 Å². The fraction of sp³-hybridized carbons (Fsp3) is 0.619. The highest BCUT2D eigenvalue weighted by molar-refractivity contribution is 5.76. The number of carbonyl (C=O) groups is 1. The van der Waals surface area contributed by atoms with Crippen LogP contribution in [0.15, 0.2) is 30.3 Å². The molecular weight excluding hydrogens is 352 g/mol. The van der Waals surface area contributed by atoms with Gasteiger partial charge in [-0.3, -0.25) is 4.79 Å². The average molecular weight is 383 g/mol. The second-order valence-corrected chi connectivity index (χ2v) is 8.36. The van der Waals surface area contributed by atoms with E-state index in [2.05, 4.69) is 20.7 Å². The van der Waals surface area contributed by atoms with Crippen LogP contribution in [-0.2, 0) is 4.79 Å². The number of amides is 1. The molecule has 7 heteroatoms. The lowest BCUT2D eigenvalue weighted by atomic mass is 9.84. The maximum atomic E-state index is 12.4. The fourth-order valence-corrected chi connectivity index (χ4v) is 4.47. The van der Waals surface area contributed by atoms with E-state index in [-0.39, 0.29) is 18.0 Å². The van der Waals surface area contributed by atoms with Gasteiger partial charge in [-0.2, -0.15) is 4.80 Å². The molecule has 1 heterocycles. The third kappa shape index (κ3) is 4.76. The summed E-state index contributed by atoms with van der Waals surface area (Å²) >= 11 is 0. The molecule has 0 spiro atoms. The normalized spacial score (nSPS) is 28.0. The van der Waals surface area contributed by atoms with E-state index in [1.54, 1.807) is 4.80 Å². The molecule has 0 aliphatic heterocycles. The minimum Gasteiger partial charge on any atom is -0.353 e. The number of nitrogens with two attached hydrogens (primary N) is 1. The summed E-state index contributed by atoms with van der Waals surface area (Å²) in [6.45, 7) is 0. The number of tetrazole rings is 1. The van der Waals surface area contributed by atoms with Gasteiger partial charge in [0.25, 0.3) is 0 Å². The van der Waals surface area contributed by atoms with Crippen molar-refractivity contribution in [2.24, 2.45) is 11.7 Å². The summed E-state index contributed by atoms with van der Waals surface area (Å²) in [6.07, 6.45) is 8.80. The lowest BCUT2D eigenvalue weighted by molar-refractivity contribution is -0.123.